The predicted octanol–water partition coefficient (Wildman–Crippen LogP) is 2.27. The number of carbonyl (C=O) groups is 3. The number of amides is 3. The summed E-state index contributed by atoms with van der Waals surface area (Å²) in [5.41, 5.74) is 18.1. The van der Waals surface area contributed by atoms with E-state index in [4.69, 9.17) is 11.5 Å². The van der Waals surface area contributed by atoms with Gasteiger partial charge >= 0.3 is 0 Å². The second kappa shape index (κ2) is 10.2. The second-order valence-electron chi connectivity index (χ2n) is 9.07. The fourth-order valence-electron chi connectivity index (χ4n) is 4.75. The minimum atomic E-state index is -3.26. The molecule has 0 spiro atoms. The maximum absolute atomic E-state index is 12.2. The molecule has 10 heteroatoms. The molecule has 0 saturated carbocycles. The van der Waals surface area contributed by atoms with E-state index in [1.807, 2.05) is 37.3 Å². The predicted molar refractivity (Wildman–Crippen MR) is 143 cm³/mol. The van der Waals surface area contributed by atoms with Gasteiger partial charge in [0, 0.05) is 36.5 Å². The fraction of sp³-hybridized carbons (Fsp3) is 0.222. The number of allylic oxidation sites excluding steroid dienone is 1. The Bertz CT molecular complexity index is 1520. The van der Waals surface area contributed by atoms with Gasteiger partial charge in [-0.05, 0) is 70.9 Å². The van der Waals surface area contributed by atoms with E-state index in [1.165, 1.54) is 10.6 Å². The third kappa shape index (κ3) is 5.55. The highest BCUT2D eigenvalue weighted by Crippen LogP contribution is 2.41. The van der Waals surface area contributed by atoms with Gasteiger partial charge in [-0.15, -0.1) is 0 Å². The summed E-state index contributed by atoms with van der Waals surface area (Å²) in [5.74, 6) is -1.72. The molecule has 9 nitrogen and oxygen atoms in total. The Balaban J connectivity index is 1.73. The lowest BCUT2D eigenvalue weighted by Crippen LogP contribution is -2.34. The summed E-state index contributed by atoms with van der Waals surface area (Å²) >= 11 is 0. The highest BCUT2D eigenvalue weighted by atomic mass is 32.2. The number of carbonyl (C=O) groups excluding carboxylic acids is 3. The highest BCUT2D eigenvalue weighted by Gasteiger charge is 2.27. The monoisotopic (exact) mass is 520 g/mol. The molecule has 0 aromatic heterocycles. The molecule has 192 valence electrons. The highest BCUT2D eigenvalue weighted by molar-refractivity contribution is 7.88. The molecule has 4 rings (SSSR count). The van der Waals surface area contributed by atoms with Crippen molar-refractivity contribution >= 4 is 39.5 Å². The first-order chi connectivity index (χ1) is 17.5. The maximum Gasteiger partial charge on any atom is 0.249 e. The van der Waals surface area contributed by atoms with Gasteiger partial charge in [0.1, 0.15) is 0 Å². The van der Waals surface area contributed by atoms with Crippen LogP contribution in [0.5, 0.6) is 0 Å². The standard InChI is InChI=1S/C27H28N4O5S/c1-16-19(4-3-5-24(16)30-26(33)9-8-25(28)32)20-6-7-21(27(29)34)23-15-18(14-22(20)23)17-10-12-31(13-11-17)37(2,35)36/h3-10,14H,11-13,15H2,1-2H3,(H2,28,32)(H2,29,34)(H,30,33)/b9-8-. The van der Waals surface area contributed by atoms with Crippen LogP contribution in [0.15, 0.2) is 59.7 Å². The molecular weight excluding hydrogens is 492 g/mol. The molecular formula is C27H28N4O5S. The summed E-state index contributed by atoms with van der Waals surface area (Å²) < 4.78 is 25.2. The SMILES string of the molecule is Cc1c(NC(=O)/C=C\C(N)=O)cccc1-c1ccc(C(N)=O)c2c1C=C(C1=CCN(S(C)(=O)=O)CC1)C2. The van der Waals surface area contributed by atoms with Gasteiger partial charge in [0.05, 0.1) is 6.26 Å². The molecule has 0 atom stereocenters. The summed E-state index contributed by atoms with van der Waals surface area (Å²) in [4.78, 5) is 35.4. The van der Waals surface area contributed by atoms with Crippen molar-refractivity contribution in [2.24, 2.45) is 11.5 Å². The Morgan fingerprint density at radius 3 is 2.41 bits per heavy atom. The number of nitrogens with one attached hydrogen (secondary N) is 1. The summed E-state index contributed by atoms with van der Waals surface area (Å²) in [6.45, 7) is 2.58. The van der Waals surface area contributed by atoms with Gasteiger partial charge in [-0.25, -0.2) is 8.42 Å². The van der Waals surface area contributed by atoms with Crippen LogP contribution in [0, 0.1) is 6.92 Å². The molecule has 0 unspecified atom stereocenters. The Hall–Kier alpha value is -4.02. The maximum atomic E-state index is 12.2. The normalized spacial score (nSPS) is 15.7. The van der Waals surface area contributed by atoms with Crippen molar-refractivity contribution in [3.8, 4) is 11.1 Å². The number of primary amides is 2. The fourth-order valence-corrected chi connectivity index (χ4v) is 5.51. The number of nitrogens with two attached hydrogens (primary N) is 2. The van der Waals surface area contributed by atoms with Gasteiger partial charge in [0.25, 0.3) is 0 Å². The van der Waals surface area contributed by atoms with Crippen molar-refractivity contribution in [1.82, 2.24) is 4.31 Å². The zero-order valence-electron chi connectivity index (χ0n) is 20.6. The van der Waals surface area contributed by atoms with Gasteiger partial charge in [0.15, 0.2) is 0 Å². The average molecular weight is 521 g/mol. The van der Waals surface area contributed by atoms with Gasteiger partial charge in [-0.3, -0.25) is 14.4 Å². The number of hydrogen-bond acceptors (Lipinski definition) is 5. The number of anilines is 1. The molecule has 0 saturated heterocycles. The van der Waals surface area contributed by atoms with E-state index in [-0.39, 0.29) is 0 Å². The van der Waals surface area contributed by atoms with Crippen LogP contribution in [-0.4, -0.2) is 49.8 Å². The molecule has 1 heterocycles. The number of rotatable bonds is 7. The van der Waals surface area contributed by atoms with E-state index in [1.54, 1.807) is 12.1 Å². The van der Waals surface area contributed by atoms with Crippen molar-refractivity contribution in [1.29, 1.82) is 0 Å². The average Bonchev–Trinajstić information content (AvgIpc) is 3.28. The molecule has 37 heavy (non-hydrogen) atoms. The quantitative estimate of drug-likeness (QED) is 0.478. The van der Waals surface area contributed by atoms with Crippen molar-refractivity contribution in [2.75, 3.05) is 24.7 Å². The molecule has 3 amide bonds. The Kier molecular flexibility index (Phi) is 7.15. The largest absolute Gasteiger partial charge is 0.366 e. The molecule has 0 fully saturated rings. The Labute approximate surface area is 215 Å². The lowest BCUT2D eigenvalue weighted by molar-refractivity contribution is -0.115. The number of sulfonamides is 1. The van der Waals surface area contributed by atoms with Crippen LogP contribution in [0.3, 0.4) is 0 Å². The Morgan fingerprint density at radius 2 is 1.78 bits per heavy atom. The van der Waals surface area contributed by atoms with Crippen LogP contribution in [0.1, 0.15) is 33.5 Å². The number of fused-ring (bicyclic) bond motifs is 1. The van der Waals surface area contributed by atoms with Crippen molar-refractivity contribution in [2.45, 2.75) is 19.8 Å². The zero-order chi connectivity index (χ0) is 26.9. The second-order valence-corrected chi connectivity index (χ2v) is 11.0. The third-order valence-electron chi connectivity index (χ3n) is 6.64. The number of hydrogen-bond donors (Lipinski definition) is 3. The smallest absolute Gasteiger partial charge is 0.249 e. The lowest BCUT2D eigenvalue weighted by Gasteiger charge is -2.24. The minimum absolute atomic E-state index is 0.308. The lowest BCUT2D eigenvalue weighted by atomic mass is 9.90. The molecule has 2 aliphatic rings. The molecule has 1 aliphatic carbocycles. The van der Waals surface area contributed by atoms with Crippen LogP contribution in [0.2, 0.25) is 0 Å². The Morgan fingerprint density at radius 1 is 1.03 bits per heavy atom. The van der Waals surface area contributed by atoms with E-state index >= 15 is 0 Å². The molecule has 0 radical (unpaired) electrons. The molecule has 2 aromatic carbocycles. The van der Waals surface area contributed by atoms with Crippen molar-refractivity contribution < 1.29 is 22.8 Å². The van der Waals surface area contributed by atoms with Gasteiger partial charge in [0.2, 0.25) is 27.7 Å². The van der Waals surface area contributed by atoms with Crippen LogP contribution >= 0.6 is 0 Å². The molecule has 2 aromatic rings. The zero-order valence-corrected chi connectivity index (χ0v) is 21.4. The van der Waals surface area contributed by atoms with Crippen molar-refractivity contribution in [3.05, 3.63) is 82.0 Å². The molecule has 0 bridgehead atoms. The first-order valence-electron chi connectivity index (χ1n) is 11.6. The molecule has 5 N–H and O–H groups in total. The van der Waals surface area contributed by atoms with Crippen molar-refractivity contribution in [3.63, 3.8) is 0 Å². The third-order valence-corrected chi connectivity index (χ3v) is 7.91. The van der Waals surface area contributed by atoms with Gasteiger partial charge in [-0.1, -0.05) is 30.4 Å². The van der Waals surface area contributed by atoms with Crippen LogP contribution in [0.4, 0.5) is 5.69 Å². The summed E-state index contributed by atoms with van der Waals surface area (Å²) in [5, 5.41) is 2.76. The summed E-state index contributed by atoms with van der Waals surface area (Å²) in [6, 6.07) is 9.06. The van der Waals surface area contributed by atoms with E-state index < -0.39 is 27.7 Å². The first kappa shape index (κ1) is 26.1. The minimum Gasteiger partial charge on any atom is -0.366 e. The van der Waals surface area contributed by atoms with E-state index in [2.05, 4.69) is 5.32 Å². The summed E-state index contributed by atoms with van der Waals surface area (Å²) in [6.07, 6.45) is 8.32. The number of nitrogens with zero attached hydrogens (tertiary/aromatic N) is 1. The van der Waals surface area contributed by atoms with Crippen LogP contribution in [-0.2, 0) is 26.0 Å². The van der Waals surface area contributed by atoms with Crippen LogP contribution < -0.4 is 16.8 Å². The number of benzene rings is 2. The molecule has 1 aliphatic heterocycles. The van der Waals surface area contributed by atoms with E-state index in [0.717, 1.165) is 51.1 Å². The van der Waals surface area contributed by atoms with E-state index in [0.29, 0.717) is 37.2 Å². The first-order valence-corrected chi connectivity index (χ1v) is 13.5. The van der Waals surface area contributed by atoms with Gasteiger partial charge < -0.3 is 16.8 Å². The topological polar surface area (TPSA) is 153 Å². The van der Waals surface area contributed by atoms with Gasteiger partial charge in [-0.2, -0.15) is 4.31 Å². The van der Waals surface area contributed by atoms with Crippen LogP contribution in [0.25, 0.3) is 17.2 Å². The van der Waals surface area contributed by atoms with E-state index in [9.17, 15) is 22.8 Å². The summed E-state index contributed by atoms with van der Waals surface area (Å²) in [7, 11) is -3.26.